The summed E-state index contributed by atoms with van der Waals surface area (Å²) in [7, 11) is 0. The molecule has 0 aliphatic carbocycles. The average molecular weight is 425 g/mol. The molecule has 156 valence electrons. The smallest absolute Gasteiger partial charge is 0.342 e. The maximum Gasteiger partial charge on any atom is 0.342 e. The summed E-state index contributed by atoms with van der Waals surface area (Å²) in [6.07, 6.45) is 0. The predicted octanol–water partition coefficient (Wildman–Crippen LogP) is 7.34. The van der Waals surface area contributed by atoms with Crippen molar-refractivity contribution < 1.29 is 4.42 Å². The van der Waals surface area contributed by atoms with E-state index < -0.39 is 0 Å². The molecule has 1 aromatic heterocycles. The third-order valence-electron chi connectivity index (χ3n) is 6.79. The van der Waals surface area contributed by atoms with Crippen LogP contribution in [0.3, 0.4) is 0 Å². The molecule has 7 rings (SSSR count). The van der Waals surface area contributed by atoms with Gasteiger partial charge in [0, 0.05) is 17.0 Å². The largest absolute Gasteiger partial charge is 0.422 e. The lowest BCUT2D eigenvalue weighted by Gasteiger charge is -2.31. The van der Waals surface area contributed by atoms with Gasteiger partial charge in [-0.05, 0) is 50.9 Å². The van der Waals surface area contributed by atoms with Gasteiger partial charge in [-0.25, -0.2) is 4.79 Å². The Labute approximate surface area is 189 Å². The van der Waals surface area contributed by atoms with Crippen LogP contribution in [0.15, 0.2) is 112 Å². The van der Waals surface area contributed by atoms with Crippen molar-refractivity contribution in [3.8, 4) is 0 Å². The van der Waals surface area contributed by atoms with Crippen LogP contribution in [0.1, 0.15) is 22.6 Å². The summed E-state index contributed by atoms with van der Waals surface area (Å²) < 4.78 is 5.86. The van der Waals surface area contributed by atoms with Crippen molar-refractivity contribution in [3.05, 3.63) is 130 Å². The van der Waals surface area contributed by atoms with Crippen molar-refractivity contribution in [2.45, 2.75) is 5.92 Å². The van der Waals surface area contributed by atoms with Gasteiger partial charge in [-0.2, -0.15) is 0 Å². The molecule has 2 heterocycles. The van der Waals surface area contributed by atoms with E-state index in [-0.39, 0.29) is 11.5 Å². The Morgan fingerprint density at radius 2 is 1.27 bits per heavy atom. The molecule has 0 radical (unpaired) electrons. The normalized spacial score (nSPS) is 14.7. The number of benzene rings is 5. The monoisotopic (exact) mass is 425 g/mol. The number of para-hydroxylation sites is 1. The Morgan fingerprint density at radius 1 is 0.606 bits per heavy atom. The first-order chi connectivity index (χ1) is 16.3. The first-order valence-corrected chi connectivity index (χ1v) is 11.1. The van der Waals surface area contributed by atoms with E-state index in [1.54, 1.807) is 0 Å². The summed E-state index contributed by atoms with van der Waals surface area (Å²) in [5.74, 6) is -0.255. The van der Waals surface area contributed by atoms with Gasteiger partial charge in [0.25, 0.3) is 0 Å². The van der Waals surface area contributed by atoms with Crippen LogP contribution < -0.4 is 10.9 Å². The Kier molecular flexibility index (Phi) is 3.76. The Bertz CT molecular complexity index is 1780. The highest BCUT2D eigenvalue weighted by molar-refractivity contribution is 6.02. The van der Waals surface area contributed by atoms with E-state index in [2.05, 4.69) is 72.0 Å². The van der Waals surface area contributed by atoms with E-state index in [9.17, 15) is 4.79 Å². The highest BCUT2D eigenvalue weighted by Gasteiger charge is 2.34. The van der Waals surface area contributed by atoms with Gasteiger partial charge >= 0.3 is 5.63 Å². The quantitative estimate of drug-likeness (QED) is 0.280. The molecule has 1 N–H and O–H groups in total. The molecule has 6 aromatic rings. The van der Waals surface area contributed by atoms with Gasteiger partial charge in [0.1, 0.15) is 5.58 Å². The summed E-state index contributed by atoms with van der Waals surface area (Å²) in [5.41, 5.74) is 5.03. The van der Waals surface area contributed by atoms with Crippen molar-refractivity contribution in [2.75, 3.05) is 5.32 Å². The molecular formula is C30H19NO2. The number of rotatable bonds is 1. The lowest BCUT2D eigenvalue weighted by molar-refractivity contribution is 0.549. The lowest BCUT2D eigenvalue weighted by Crippen LogP contribution is -2.23. The Balaban J connectivity index is 1.67. The molecule has 3 nitrogen and oxygen atoms in total. The van der Waals surface area contributed by atoms with Crippen LogP contribution in [0.5, 0.6) is 0 Å². The van der Waals surface area contributed by atoms with E-state index in [0.29, 0.717) is 11.1 Å². The van der Waals surface area contributed by atoms with Gasteiger partial charge in [0.05, 0.1) is 11.3 Å². The minimum atomic E-state index is -0.298. The predicted molar refractivity (Wildman–Crippen MR) is 135 cm³/mol. The van der Waals surface area contributed by atoms with Crippen molar-refractivity contribution >= 4 is 43.9 Å². The van der Waals surface area contributed by atoms with E-state index in [0.717, 1.165) is 49.4 Å². The summed E-state index contributed by atoms with van der Waals surface area (Å²) in [6, 6.07) is 35.1. The zero-order chi connectivity index (χ0) is 21.9. The minimum Gasteiger partial charge on any atom is -0.422 e. The third-order valence-corrected chi connectivity index (χ3v) is 6.79. The third kappa shape index (κ3) is 2.60. The van der Waals surface area contributed by atoms with Crippen LogP contribution in [-0.4, -0.2) is 0 Å². The van der Waals surface area contributed by atoms with E-state index in [4.69, 9.17) is 4.42 Å². The van der Waals surface area contributed by atoms with E-state index >= 15 is 0 Å². The maximum atomic E-state index is 13.5. The van der Waals surface area contributed by atoms with Crippen LogP contribution in [0.4, 0.5) is 11.4 Å². The van der Waals surface area contributed by atoms with Crippen LogP contribution in [0.2, 0.25) is 0 Å². The molecule has 0 saturated heterocycles. The van der Waals surface area contributed by atoms with Gasteiger partial charge < -0.3 is 9.73 Å². The summed E-state index contributed by atoms with van der Waals surface area (Å²) in [4.78, 5) is 13.5. The van der Waals surface area contributed by atoms with Crippen molar-refractivity contribution in [2.24, 2.45) is 0 Å². The number of hydrogen-bond acceptors (Lipinski definition) is 3. The first-order valence-electron chi connectivity index (χ1n) is 11.1. The zero-order valence-corrected chi connectivity index (χ0v) is 17.7. The van der Waals surface area contributed by atoms with Crippen LogP contribution in [-0.2, 0) is 0 Å². The number of fused-ring (bicyclic) bond motifs is 7. The highest BCUT2D eigenvalue weighted by Crippen LogP contribution is 2.49. The topological polar surface area (TPSA) is 42.2 Å². The summed E-state index contributed by atoms with van der Waals surface area (Å²) in [5, 5.41) is 9.10. The Morgan fingerprint density at radius 3 is 2.12 bits per heavy atom. The van der Waals surface area contributed by atoms with Gasteiger partial charge in [-0.15, -0.1) is 0 Å². The fraction of sp³-hybridized carbons (Fsp3) is 0.0333. The fourth-order valence-electron chi connectivity index (χ4n) is 5.37. The van der Waals surface area contributed by atoms with Gasteiger partial charge in [-0.3, -0.25) is 0 Å². The highest BCUT2D eigenvalue weighted by atomic mass is 16.4. The molecule has 0 saturated carbocycles. The second kappa shape index (κ2) is 6.81. The maximum absolute atomic E-state index is 13.5. The second-order valence-corrected chi connectivity index (χ2v) is 8.55. The molecule has 0 fully saturated rings. The van der Waals surface area contributed by atoms with Gasteiger partial charge in [-0.1, -0.05) is 84.9 Å². The van der Waals surface area contributed by atoms with Gasteiger partial charge in [0.2, 0.25) is 0 Å². The number of hydrogen-bond donors (Lipinski definition) is 1. The van der Waals surface area contributed by atoms with Crippen molar-refractivity contribution in [3.63, 3.8) is 0 Å². The van der Waals surface area contributed by atoms with Crippen LogP contribution in [0, 0.1) is 0 Å². The molecule has 1 unspecified atom stereocenters. The molecule has 0 amide bonds. The van der Waals surface area contributed by atoms with Crippen molar-refractivity contribution in [1.29, 1.82) is 0 Å². The molecule has 33 heavy (non-hydrogen) atoms. The van der Waals surface area contributed by atoms with Crippen molar-refractivity contribution in [1.82, 2.24) is 0 Å². The number of nitrogens with one attached hydrogen (secondary N) is 1. The molecule has 1 aliphatic heterocycles. The SMILES string of the molecule is O=c1oc2ccccc2c2c1C(c1cccc3ccccc13)c1c(ccc3ccccc13)N2. The van der Waals surface area contributed by atoms with Crippen LogP contribution in [0.25, 0.3) is 32.5 Å². The summed E-state index contributed by atoms with van der Waals surface area (Å²) in [6.45, 7) is 0. The van der Waals surface area contributed by atoms with Gasteiger partial charge in [0.15, 0.2) is 0 Å². The fourth-order valence-corrected chi connectivity index (χ4v) is 5.37. The number of anilines is 2. The molecular weight excluding hydrogens is 406 g/mol. The molecule has 1 atom stereocenters. The zero-order valence-electron chi connectivity index (χ0n) is 17.7. The first kappa shape index (κ1) is 18.2. The molecule has 5 aromatic carbocycles. The van der Waals surface area contributed by atoms with E-state index in [1.807, 2.05) is 36.4 Å². The summed E-state index contributed by atoms with van der Waals surface area (Å²) >= 11 is 0. The molecule has 0 bridgehead atoms. The van der Waals surface area contributed by atoms with Crippen LogP contribution >= 0.6 is 0 Å². The minimum absolute atomic E-state index is 0.255. The average Bonchev–Trinajstić information content (AvgIpc) is 2.87. The standard InChI is InChI=1S/C30H19NO2/c32-30-28-27(22-14-7-10-18-8-1-3-11-20(18)22)26-21-12-4-2-9-19(21)16-17-24(26)31-29(28)23-13-5-6-15-25(23)33-30/h1-17,27,31H. The Hall–Kier alpha value is -4.37. The lowest BCUT2D eigenvalue weighted by atomic mass is 9.77. The van der Waals surface area contributed by atoms with E-state index in [1.165, 1.54) is 0 Å². The molecule has 3 heteroatoms. The molecule has 1 aliphatic rings. The second-order valence-electron chi connectivity index (χ2n) is 8.55. The molecule has 0 spiro atoms.